The fraction of sp³-hybridized carbons (Fsp3) is 0.227. The SMILES string of the molecule is CC(=O)N(c1nc(CSc2nnnn2-c2ccccc2C)cs1)c1c(C)cc(C)cc1Cl. The summed E-state index contributed by atoms with van der Waals surface area (Å²) in [7, 11) is 0. The van der Waals surface area contributed by atoms with Crippen molar-refractivity contribution in [1.82, 2.24) is 25.2 Å². The van der Waals surface area contributed by atoms with Gasteiger partial charge in [0.25, 0.3) is 0 Å². The van der Waals surface area contributed by atoms with Crippen LogP contribution >= 0.6 is 34.7 Å². The number of nitrogens with zero attached hydrogens (tertiary/aromatic N) is 6. The minimum atomic E-state index is -0.143. The smallest absolute Gasteiger partial charge is 0.230 e. The van der Waals surface area contributed by atoms with Gasteiger partial charge in [-0.1, -0.05) is 47.6 Å². The Bertz CT molecular complexity index is 1260. The van der Waals surface area contributed by atoms with E-state index in [1.165, 1.54) is 30.0 Å². The molecule has 0 spiro atoms. The van der Waals surface area contributed by atoms with E-state index in [0.717, 1.165) is 28.1 Å². The van der Waals surface area contributed by atoms with Crippen LogP contribution in [0, 0.1) is 20.8 Å². The molecule has 2 heterocycles. The summed E-state index contributed by atoms with van der Waals surface area (Å²) in [5.41, 5.74) is 5.49. The zero-order chi connectivity index (χ0) is 22.8. The van der Waals surface area contributed by atoms with Crippen molar-refractivity contribution in [2.24, 2.45) is 0 Å². The normalized spacial score (nSPS) is 11.0. The van der Waals surface area contributed by atoms with Crippen molar-refractivity contribution in [1.29, 1.82) is 0 Å². The second kappa shape index (κ2) is 9.40. The molecule has 32 heavy (non-hydrogen) atoms. The van der Waals surface area contributed by atoms with Gasteiger partial charge in [-0.3, -0.25) is 9.69 Å². The van der Waals surface area contributed by atoms with Gasteiger partial charge in [0.2, 0.25) is 11.1 Å². The van der Waals surface area contributed by atoms with E-state index in [1.807, 2.05) is 62.5 Å². The van der Waals surface area contributed by atoms with Crippen molar-refractivity contribution < 1.29 is 4.79 Å². The molecule has 4 rings (SSSR count). The Labute approximate surface area is 199 Å². The third kappa shape index (κ3) is 4.55. The quantitative estimate of drug-likeness (QED) is 0.328. The molecular formula is C22H21ClN6OS2. The predicted octanol–water partition coefficient (Wildman–Crippen LogP) is 5.67. The molecule has 0 radical (unpaired) electrons. The lowest BCUT2D eigenvalue weighted by atomic mass is 10.1. The summed E-state index contributed by atoms with van der Waals surface area (Å²) >= 11 is 9.40. The topological polar surface area (TPSA) is 76.8 Å². The van der Waals surface area contributed by atoms with Crippen LogP contribution in [0.15, 0.2) is 46.9 Å². The highest BCUT2D eigenvalue weighted by atomic mass is 35.5. The number of carbonyl (C=O) groups excluding carboxylic acids is 1. The highest BCUT2D eigenvalue weighted by molar-refractivity contribution is 7.98. The van der Waals surface area contributed by atoms with Gasteiger partial charge in [0.05, 0.1) is 22.1 Å². The summed E-state index contributed by atoms with van der Waals surface area (Å²) in [5, 5.41) is 15.8. The first-order chi connectivity index (χ1) is 15.3. The molecule has 164 valence electrons. The average Bonchev–Trinajstić information content (AvgIpc) is 3.38. The van der Waals surface area contributed by atoms with Crippen molar-refractivity contribution in [2.45, 2.75) is 38.6 Å². The number of anilines is 2. The van der Waals surface area contributed by atoms with Crippen molar-refractivity contribution >= 4 is 51.4 Å². The fourth-order valence-corrected chi connectivity index (χ4v) is 5.56. The molecule has 1 amide bonds. The van der Waals surface area contributed by atoms with Gasteiger partial charge in [0.15, 0.2) is 5.13 Å². The monoisotopic (exact) mass is 484 g/mol. The predicted molar refractivity (Wildman–Crippen MR) is 129 cm³/mol. The van der Waals surface area contributed by atoms with Gasteiger partial charge < -0.3 is 0 Å². The Morgan fingerprint density at radius 2 is 1.97 bits per heavy atom. The van der Waals surface area contributed by atoms with E-state index in [9.17, 15) is 4.79 Å². The number of para-hydroxylation sites is 1. The minimum absolute atomic E-state index is 0.143. The number of tetrazole rings is 1. The van der Waals surface area contributed by atoms with Crippen LogP contribution in [0.25, 0.3) is 5.69 Å². The maximum atomic E-state index is 12.5. The first-order valence-corrected chi connectivity index (χ1v) is 12.1. The number of thioether (sulfide) groups is 1. The largest absolute Gasteiger partial charge is 0.274 e. The van der Waals surface area contributed by atoms with Crippen LogP contribution in [0.3, 0.4) is 0 Å². The molecule has 2 aromatic heterocycles. The highest BCUT2D eigenvalue weighted by Gasteiger charge is 2.23. The van der Waals surface area contributed by atoms with Crippen LogP contribution in [0.2, 0.25) is 5.02 Å². The number of hydrogen-bond donors (Lipinski definition) is 0. The van der Waals surface area contributed by atoms with Gasteiger partial charge >= 0.3 is 0 Å². The molecule has 0 unspecified atom stereocenters. The molecule has 0 aliphatic rings. The Balaban J connectivity index is 1.57. The summed E-state index contributed by atoms with van der Waals surface area (Å²) in [6.07, 6.45) is 0. The number of hydrogen-bond acceptors (Lipinski definition) is 7. The molecule has 0 aliphatic carbocycles. The van der Waals surface area contributed by atoms with E-state index in [2.05, 4.69) is 15.5 Å². The van der Waals surface area contributed by atoms with E-state index >= 15 is 0 Å². The zero-order valence-electron chi connectivity index (χ0n) is 18.0. The van der Waals surface area contributed by atoms with Crippen LogP contribution in [0.5, 0.6) is 0 Å². The summed E-state index contributed by atoms with van der Waals surface area (Å²) < 4.78 is 1.73. The van der Waals surface area contributed by atoms with Crippen LogP contribution < -0.4 is 4.90 Å². The van der Waals surface area contributed by atoms with Crippen molar-refractivity contribution in [3.63, 3.8) is 0 Å². The molecule has 10 heteroatoms. The zero-order valence-corrected chi connectivity index (χ0v) is 20.4. The molecule has 0 bridgehead atoms. The molecule has 0 saturated heterocycles. The van der Waals surface area contributed by atoms with Gasteiger partial charge in [0.1, 0.15) is 0 Å². The molecule has 0 atom stereocenters. The van der Waals surface area contributed by atoms with Crippen molar-refractivity contribution in [3.8, 4) is 5.69 Å². The van der Waals surface area contributed by atoms with Crippen molar-refractivity contribution in [3.05, 3.63) is 69.2 Å². The lowest BCUT2D eigenvalue weighted by Crippen LogP contribution is -2.24. The van der Waals surface area contributed by atoms with Crippen molar-refractivity contribution in [2.75, 3.05) is 4.90 Å². The van der Waals surface area contributed by atoms with Gasteiger partial charge in [0, 0.05) is 18.1 Å². The number of aryl methyl sites for hydroxylation is 3. The molecular weight excluding hydrogens is 464 g/mol. The van der Waals surface area contributed by atoms with Gasteiger partial charge in [-0.15, -0.1) is 16.4 Å². The number of amides is 1. The fourth-order valence-electron chi connectivity index (χ4n) is 3.40. The third-order valence-electron chi connectivity index (χ3n) is 4.80. The second-order valence-corrected chi connectivity index (χ2v) is 9.52. The maximum Gasteiger partial charge on any atom is 0.230 e. The van der Waals surface area contributed by atoms with E-state index in [-0.39, 0.29) is 5.91 Å². The summed E-state index contributed by atoms with van der Waals surface area (Å²) in [5.74, 6) is 0.422. The number of carbonyl (C=O) groups is 1. The lowest BCUT2D eigenvalue weighted by molar-refractivity contribution is -0.115. The molecule has 7 nitrogen and oxygen atoms in total. The third-order valence-corrected chi connectivity index (χ3v) is 6.92. The number of halogens is 1. The van der Waals surface area contributed by atoms with Gasteiger partial charge in [-0.25, -0.2) is 4.98 Å². The number of benzene rings is 2. The van der Waals surface area contributed by atoms with E-state index in [1.54, 1.807) is 9.58 Å². The van der Waals surface area contributed by atoms with Gasteiger partial charge in [-0.05, 0) is 60.0 Å². The molecule has 0 fully saturated rings. The van der Waals surface area contributed by atoms with Crippen LogP contribution in [0.4, 0.5) is 10.8 Å². The maximum absolute atomic E-state index is 12.5. The van der Waals surface area contributed by atoms with Crippen LogP contribution in [0.1, 0.15) is 29.3 Å². The summed E-state index contributed by atoms with van der Waals surface area (Å²) in [6, 6.07) is 11.8. The van der Waals surface area contributed by atoms with Crippen LogP contribution in [-0.4, -0.2) is 31.1 Å². The molecule has 0 N–H and O–H groups in total. The molecule has 0 saturated carbocycles. The number of thiazole rings is 1. The Morgan fingerprint density at radius 3 is 2.69 bits per heavy atom. The number of rotatable bonds is 6. The van der Waals surface area contributed by atoms with E-state index in [0.29, 0.717) is 26.8 Å². The number of aromatic nitrogens is 5. The van der Waals surface area contributed by atoms with E-state index in [4.69, 9.17) is 16.6 Å². The van der Waals surface area contributed by atoms with Gasteiger partial charge in [-0.2, -0.15) is 4.68 Å². The lowest BCUT2D eigenvalue weighted by Gasteiger charge is -2.22. The molecule has 2 aromatic carbocycles. The first-order valence-electron chi connectivity index (χ1n) is 9.84. The average molecular weight is 485 g/mol. The molecule has 0 aliphatic heterocycles. The first kappa shape index (κ1) is 22.4. The molecule has 4 aromatic rings. The summed E-state index contributed by atoms with van der Waals surface area (Å²) in [4.78, 5) is 18.8. The Hall–Kier alpha value is -2.75. The Morgan fingerprint density at radius 1 is 1.19 bits per heavy atom. The minimum Gasteiger partial charge on any atom is -0.274 e. The highest BCUT2D eigenvalue weighted by Crippen LogP contribution is 2.38. The summed E-state index contributed by atoms with van der Waals surface area (Å²) in [6.45, 7) is 7.46. The standard InChI is InChI=1S/C22H21ClN6OS2/c1-13-9-15(3)20(18(23)10-13)28(16(4)30)21-24-17(11-31-21)12-32-22-25-26-27-29(22)19-8-6-5-7-14(19)2/h5-11H,12H2,1-4H3. The van der Waals surface area contributed by atoms with Crippen LogP contribution in [-0.2, 0) is 10.5 Å². The second-order valence-electron chi connectivity index (χ2n) is 7.34. The Kier molecular flexibility index (Phi) is 6.59. The van der Waals surface area contributed by atoms with E-state index < -0.39 is 0 Å².